The van der Waals surface area contributed by atoms with Gasteiger partial charge < -0.3 is 4.74 Å². The van der Waals surface area contributed by atoms with Gasteiger partial charge in [0.25, 0.3) is 0 Å². The third kappa shape index (κ3) is 3.09. The van der Waals surface area contributed by atoms with Gasteiger partial charge in [0.05, 0.1) is 0 Å². The van der Waals surface area contributed by atoms with Gasteiger partial charge >= 0.3 is 0 Å². The highest BCUT2D eigenvalue weighted by atomic mass is 16.5. The maximum absolute atomic E-state index is 10.7. The van der Waals surface area contributed by atoms with E-state index in [2.05, 4.69) is 6.92 Å². The van der Waals surface area contributed by atoms with Crippen molar-refractivity contribution in [2.24, 2.45) is 5.92 Å². The molecule has 92 valence electrons. The molecule has 2 nitrogen and oxygen atoms in total. The Hall–Kier alpha value is -1.31. The van der Waals surface area contributed by atoms with Gasteiger partial charge in [-0.2, -0.15) is 0 Å². The molecule has 2 atom stereocenters. The van der Waals surface area contributed by atoms with Crippen LogP contribution in [0.3, 0.4) is 0 Å². The highest BCUT2D eigenvalue weighted by molar-refractivity contribution is 5.75. The molecular weight excluding hydrogens is 212 g/mol. The summed E-state index contributed by atoms with van der Waals surface area (Å²) in [6.07, 6.45) is 7.37. The van der Waals surface area contributed by atoms with E-state index < -0.39 is 0 Å². The lowest BCUT2D eigenvalue weighted by Crippen LogP contribution is -2.29. The van der Waals surface area contributed by atoms with Crippen LogP contribution < -0.4 is 4.74 Å². The van der Waals surface area contributed by atoms with Crippen molar-refractivity contribution in [2.75, 3.05) is 0 Å². The average molecular weight is 232 g/mol. The largest absolute Gasteiger partial charge is 0.490 e. The molecule has 1 aliphatic carbocycles. The number of hydrogen-bond acceptors (Lipinski definition) is 2. The summed E-state index contributed by atoms with van der Waals surface area (Å²) in [6, 6.07) is 7.45. The van der Waals surface area contributed by atoms with E-state index in [0.717, 1.165) is 18.5 Å². The number of ether oxygens (including phenoxy) is 1. The van der Waals surface area contributed by atoms with Crippen LogP contribution in [-0.2, 0) is 0 Å². The van der Waals surface area contributed by atoms with Gasteiger partial charge in [-0.05, 0) is 43.7 Å². The van der Waals surface area contributed by atoms with Crippen LogP contribution >= 0.6 is 0 Å². The molecule has 1 saturated carbocycles. The monoisotopic (exact) mass is 232 g/mol. The Bertz CT molecular complexity index is 373. The highest BCUT2D eigenvalue weighted by Crippen LogP contribution is 2.30. The molecule has 0 radical (unpaired) electrons. The molecule has 0 saturated heterocycles. The van der Waals surface area contributed by atoms with Crippen LogP contribution in [0.15, 0.2) is 24.3 Å². The molecule has 2 heteroatoms. The number of hydrogen-bond donors (Lipinski definition) is 0. The first-order valence-corrected chi connectivity index (χ1v) is 6.55. The Morgan fingerprint density at radius 1 is 1.35 bits per heavy atom. The van der Waals surface area contributed by atoms with Crippen molar-refractivity contribution in [3.63, 3.8) is 0 Å². The van der Waals surface area contributed by atoms with Gasteiger partial charge in [0, 0.05) is 5.56 Å². The van der Waals surface area contributed by atoms with Crippen molar-refractivity contribution in [1.29, 1.82) is 0 Å². The fourth-order valence-electron chi connectivity index (χ4n) is 2.63. The van der Waals surface area contributed by atoms with Crippen LogP contribution in [-0.4, -0.2) is 12.4 Å². The summed E-state index contributed by atoms with van der Waals surface area (Å²) in [7, 11) is 0. The van der Waals surface area contributed by atoms with Crippen molar-refractivity contribution in [3.05, 3.63) is 29.8 Å². The number of carbonyl (C=O) groups is 1. The van der Waals surface area contributed by atoms with Gasteiger partial charge in [0.2, 0.25) is 0 Å². The van der Waals surface area contributed by atoms with E-state index in [4.69, 9.17) is 4.74 Å². The second-order valence-electron chi connectivity index (χ2n) is 4.80. The second-order valence-corrected chi connectivity index (χ2v) is 4.80. The minimum absolute atomic E-state index is 0.329. The standard InChI is InChI=1S/C15H20O2/c1-2-13-7-3-4-9-15(13)17-14-8-5-6-12(10-14)11-16/h5-6,8,10-11,13,15H,2-4,7,9H2,1H3. The van der Waals surface area contributed by atoms with Crippen LogP contribution in [0.4, 0.5) is 0 Å². The summed E-state index contributed by atoms with van der Waals surface area (Å²) in [5, 5.41) is 0. The Labute approximate surface area is 103 Å². The number of benzene rings is 1. The summed E-state index contributed by atoms with van der Waals surface area (Å²) in [5.74, 6) is 1.50. The van der Waals surface area contributed by atoms with Crippen LogP contribution in [0.2, 0.25) is 0 Å². The first-order valence-electron chi connectivity index (χ1n) is 6.55. The summed E-state index contributed by atoms with van der Waals surface area (Å²) in [6.45, 7) is 2.23. The van der Waals surface area contributed by atoms with E-state index in [1.54, 1.807) is 6.07 Å². The molecule has 0 aromatic heterocycles. The Kier molecular flexibility index (Phi) is 4.18. The first-order chi connectivity index (χ1) is 8.33. The van der Waals surface area contributed by atoms with Crippen molar-refractivity contribution < 1.29 is 9.53 Å². The molecule has 0 heterocycles. The lowest BCUT2D eigenvalue weighted by molar-refractivity contribution is 0.0901. The predicted octanol–water partition coefficient (Wildman–Crippen LogP) is 3.85. The van der Waals surface area contributed by atoms with Crippen molar-refractivity contribution >= 4 is 6.29 Å². The molecule has 0 aliphatic heterocycles. The molecule has 2 rings (SSSR count). The van der Waals surface area contributed by atoms with Gasteiger partial charge in [0.1, 0.15) is 18.1 Å². The fourth-order valence-corrected chi connectivity index (χ4v) is 2.63. The summed E-state index contributed by atoms with van der Waals surface area (Å²) < 4.78 is 6.04. The molecule has 0 amide bonds. The highest BCUT2D eigenvalue weighted by Gasteiger charge is 2.25. The molecule has 0 bridgehead atoms. The van der Waals surface area contributed by atoms with E-state index >= 15 is 0 Å². The molecule has 2 unspecified atom stereocenters. The normalized spacial score (nSPS) is 24.3. The first kappa shape index (κ1) is 12.2. The molecule has 0 N–H and O–H groups in total. The lowest BCUT2D eigenvalue weighted by atomic mass is 9.85. The minimum atomic E-state index is 0.329. The van der Waals surface area contributed by atoms with Gasteiger partial charge in [-0.1, -0.05) is 25.5 Å². The van der Waals surface area contributed by atoms with E-state index in [1.165, 1.54) is 25.7 Å². The third-order valence-corrected chi connectivity index (χ3v) is 3.65. The molecular formula is C15H20O2. The molecule has 1 aromatic rings. The Morgan fingerprint density at radius 3 is 2.94 bits per heavy atom. The molecule has 0 spiro atoms. The van der Waals surface area contributed by atoms with Crippen LogP contribution in [0.1, 0.15) is 49.4 Å². The number of rotatable bonds is 4. The Balaban J connectivity index is 2.05. The number of aldehydes is 1. The molecule has 1 aromatic carbocycles. The van der Waals surface area contributed by atoms with Gasteiger partial charge in [-0.25, -0.2) is 0 Å². The van der Waals surface area contributed by atoms with Crippen molar-refractivity contribution in [2.45, 2.75) is 45.1 Å². The molecule has 17 heavy (non-hydrogen) atoms. The van der Waals surface area contributed by atoms with Gasteiger partial charge in [-0.3, -0.25) is 4.79 Å². The smallest absolute Gasteiger partial charge is 0.150 e. The SMILES string of the molecule is CCC1CCCCC1Oc1cccc(C=O)c1. The van der Waals surface area contributed by atoms with E-state index in [9.17, 15) is 4.79 Å². The van der Waals surface area contributed by atoms with Crippen LogP contribution in [0.5, 0.6) is 5.75 Å². The zero-order valence-corrected chi connectivity index (χ0v) is 10.4. The van der Waals surface area contributed by atoms with E-state index in [-0.39, 0.29) is 0 Å². The quantitative estimate of drug-likeness (QED) is 0.737. The fraction of sp³-hybridized carbons (Fsp3) is 0.533. The second kappa shape index (κ2) is 5.85. The van der Waals surface area contributed by atoms with Crippen LogP contribution in [0.25, 0.3) is 0 Å². The number of carbonyl (C=O) groups excluding carboxylic acids is 1. The lowest BCUT2D eigenvalue weighted by Gasteiger charge is -2.31. The predicted molar refractivity (Wildman–Crippen MR) is 68.5 cm³/mol. The van der Waals surface area contributed by atoms with Crippen LogP contribution in [0, 0.1) is 5.92 Å². The average Bonchev–Trinajstić information content (AvgIpc) is 2.39. The molecule has 1 fully saturated rings. The summed E-state index contributed by atoms with van der Waals surface area (Å²) in [4.78, 5) is 10.7. The zero-order chi connectivity index (χ0) is 12.1. The van der Waals surface area contributed by atoms with Gasteiger partial charge in [0.15, 0.2) is 0 Å². The minimum Gasteiger partial charge on any atom is -0.490 e. The maximum atomic E-state index is 10.7. The topological polar surface area (TPSA) is 26.3 Å². The van der Waals surface area contributed by atoms with Gasteiger partial charge in [-0.15, -0.1) is 0 Å². The molecule has 1 aliphatic rings. The van der Waals surface area contributed by atoms with Crippen molar-refractivity contribution in [3.8, 4) is 5.75 Å². The van der Waals surface area contributed by atoms with E-state index in [1.807, 2.05) is 18.2 Å². The maximum Gasteiger partial charge on any atom is 0.150 e. The third-order valence-electron chi connectivity index (χ3n) is 3.65. The van der Waals surface area contributed by atoms with Crippen molar-refractivity contribution in [1.82, 2.24) is 0 Å². The summed E-state index contributed by atoms with van der Waals surface area (Å²) in [5.41, 5.74) is 0.686. The zero-order valence-electron chi connectivity index (χ0n) is 10.4. The summed E-state index contributed by atoms with van der Waals surface area (Å²) >= 11 is 0. The van der Waals surface area contributed by atoms with E-state index in [0.29, 0.717) is 17.6 Å². The Morgan fingerprint density at radius 2 is 2.18 bits per heavy atom.